The first-order valence-electron chi connectivity index (χ1n) is 7.59. The number of thioether (sulfide) groups is 1. The van der Waals surface area contributed by atoms with Crippen molar-refractivity contribution in [2.45, 2.75) is 32.5 Å². The van der Waals surface area contributed by atoms with E-state index < -0.39 is 0 Å². The van der Waals surface area contributed by atoms with E-state index >= 15 is 0 Å². The molecule has 0 bridgehead atoms. The third-order valence-electron chi connectivity index (χ3n) is 3.41. The summed E-state index contributed by atoms with van der Waals surface area (Å²) in [7, 11) is 0. The molecule has 2 heterocycles. The highest BCUT2D eigenvalue weighted by molar-refractivity contribution is 7.99. The average Bonchev–Trinajstić information content (AvgIpc) is 3.22. The van der Waals surface area contributed by atoms with Crippen LogP contribution in [0.1, 0.15) is 22.6 Å². The van der Waals surface area contributed by atoms with E-state index in [1.165, 1.54) is 11.8 Å². The third kappa shape index (κ3) is 4.24. The second-order valence-electron chi connectivity index (χ2n) is 5.54. The van der Waals surface area contributed by atoms with E-state index in [0.717, 1.165) is 16.8 Å². The predicted octanol–water partition coefficient (Wildman–Crippen LogP) is 2.41. The minimum atomic E-state index is -0.374. The van der Waals surface area contributed by atoms with Crippen LogP contribution in [-0.2, 0) is 16.1 Å². The van der Waals surface area contributed by atoms with Crippen LogP contribution in [0.2, 0.25) is 0 Å². The molecule has 0 saturated heterocycles. The van der Waals surface area contributed by atoms with Gasteiger partial charge in [0, 0.05) is 6.07 Å². The number of hydrogen-bond acceptors (Lipinski definition) is 8. The van der Waals surface area contributed by atoms with Crippen molar-refractivity contribution in [3.05, 3.63) is 46.8 Å². The van der Waals surface area contributed by atoms with Gasteiger partial charge in [0.2, 0.25) is 5.16 Å². The highest BCUT2D eigenvalue weighted by Crippen LogP contribution is 2.21. The molecule has 3 aromatic rings. The van der Waals surface area contributed by atoms with Gasteiger partial charge in [-0.1, -0.05) is 29.1 Å². The summed E-state index contributed by atoms with van der Waals surface area (Å²) in [6.07, 6.45) is 0. The van der Waals surface area contributed by atoms with E-state index in [1.54, 1.807) is 17.7 Å². The highest BCUT2D eigenvalue weighted by atomic mass is 32.2. The fourth-order valence-corrected chi connectivity index (χ4v) is 2.85. The zero-order valence-corrected chi connectivity index (χ0v) is 14.9. The van der Waals surface area contributed by atoms with Crippen LogP contribution in [0.3, 0.4) is 0 Å². The Labute approximate surface area is 148 Å². The van der Waals surface area contributed by atoms with Gasteiger partial charge in [0.25, 0.3) is 0 Å². The van der Waals surface area contributed by atoms with E-state index in [1.807, 2.05) is 32.0 Å². The summed E-state index contributed by atoms with van der Waals surface area (Å²) in [6, 6.07) is 7.76. The SMILES string of the molecule is Cc1ccc(C)c(-n2nnnc2SCC(=O)OCc2cc(C)on2)c1. The molecule has 0 amide bonds. The maximum absolute atomic E-state index is 11.9. The summed E-state index contributed by atoms with van der Waals surface area (Å²) >= 11 is 1.22. The van der Waals surface area contributed by atoms with Crippen LogP contribution in [0.15, 0.2) is 33.9 Å². The number of benzene rings is 1. The Morgan fingerprint density at radius 2 is 2.12 bits per heavy atom. The number of hydrogen-bond donors (Lipinski definition) is 0. The summed E-state index contributed by atoms with van der Waals surface area (Å²) in [5.41, 5.74) is 3.62. The maximum Gasteiger partial charge on any atom is 0.316 e. The molecule has 0 spiro atoms. The second-order valence-corrected chi connectivity index (χ2v) is 6.48. The number of carbonyl (C=O) groups is 1. The van der Waals surface area contributed by atoms with Crippen LogP contribution in [0.5, 0.6) is 0 Å². The van der Waals surface area contributed by atoms with Gasteiger partial charge in [0.1, 0.15) is 18.1 Å². The fraction of sp³-hybridized carbons (Fsp3) is 0.312. The smallest absolute Gasteiger partial charge is 0.316 e. The standard InChI is InChI=1S/C16H17N5O3S/c1-10-4-5-11(2)14(6-10)21-16(17-19-20-21)25-9-15(22)23-8-13-7-12(3)24-18-13/h4-7H,8-9H2,1-3H3. The normalized spacial score (nSPS) is 10.8. The van der Waals surface area contributed by atoms with Gasteiger partial charge < -0.3 is 9.26 Å². The number of aromatic nitrogens is 5. The Morgan fingerprint density at radius 1 is 1.28 bits per heavy atom. The van der Waals surface area contributed by atoms with Gasteiger partial charge in [0.15, 0.2) is 0 Å². The lowest BCUT2D eigenvalue weighted by Crippen LogP contribution is -2.09. The molecule has 8 nitrogen and oxygen atoms in total. The monoisotopic (exact) mass is 359 g/mol. The second kappa shape index (κ2) is 7.47. The summed E-state index contributed by atoms with van der Waals surface area (Å²) < 4.78 is 11.7. The van der Waals surface area contributed by atoms with Gasteiger partial charge in [-0.3, -0.25) is 4.79 Å². The van der Waals surface area contributed by atoms with Crippen molar-refractivity contribution in [3.8, 4) is 5.69 Å². The molecule has 0 saturated carbocycles. The number of ether oxygens (including phenoxy) is 1. The van der Waals surface area contributed by atoms with Crippen molar-refractivity contribution in [3.63, 3.8) is 0 Å². The Morgan fingerprint density at radius 3 is 2.88 bits per heavy atom. The fourth-order valence-electron chi connectivity index (χ4n) is 2.17. The van der Waals surface area contributed by atoms with Crippen molar-refractivity contribution in [2.24, 2.45) is 0 Å². The Balaban J connectivity index is 1.61. The lowest BCUT2D eigenvalue weighted by atomic mass is 10.1. The molecule has 0 aliphatic heterocycles. The Hall–Kier alpha value is -2.68. The van der Waals surface area contributed by atoms with Gasteiger partial charge in [-0.2, -0.15) is 4.68 Å². The number of esters is 1. The minimum Gasteiger partial charge on any atom is -0.458 e. The van der Waals surface area contributed by atoms with Gasteiger partial charge in [-0.05, 0) is 48.4 Å². The molecule has 0 unspecified atom stereocenters. The first-order valence-corrected chi connectivity index (χ1v) is 8.58. The average molecular weight is 359 g/mol. The summed E-state index contributed by atoms with van der Waals surface area (Å²) in [5, 5.41) is 16.0. The van der Waals surface area contributed by atoms with Crippen molar-refractivity contribution in [1.29, 1.82) is 0 Å². The lowest BCUT2D eigenvalue weighted by Gasteiger charge is -2.08. The number of carbonyl (C=O) groups excluding carboxylic acids is 1. The van der Waals surface area contributed by atoms with Gasteiger partial charge in [0.05, 0.1) is 11.4 Å². The predicted molar refractivity (Wildman–Crippen MR) is 90.4 cm³/mol. The van der Waals surface area contributed by atoms with E-state index in [0.29, 0.717) is 16.6 Å². The Bertz CT molecular complexity index is 890. The van der Waals surface area contributed by atoms with Crippen LogP contribution in [0.4, 0.5) is 0 Å². The van der Waals surface area contributed by atoms with Crippen LogP contribution in [0, 0.1) is 20.8 Å². The van der Waals surface area contributed by atoms with E-state index in [4.69, 9.17) is 9.26 Å². The van der Waals surface area contributed by atoms with Gasteiger partial charge in [-0.15, -0.1) is 5.10 Å². The van der Waals surface area contributed by atoms with E-state index in [9.17, 15) is 4.79 Å². The molecule has 25 heavy (non-hydrogen) atoms. The van der Waals surface area contributed by atoms with Gasteiger partial charge in [-0.25, -0.2) is 0 Å². The molecule has 2 aromatic heterocycles. The third-order valence-corrected chi connectivity index (χ3v) is 4.30. The first kappa shape index (κ1) is 17.2. The molecular weight excluding hydrogens is 342 g/mol. The first-order chi connectivity index (χ1) is 12.0. The van der Waals surface area contributed by atoms with Crippen molar-refractivity contribution in [1.82, 2.24) is 25.4 Å². The molecule has 0 aliphatic carbocycles. The zero-order chi connectivity index (χ0) is 17.8. The van der Waals surface area contributed by atoms with Crippen LogP contribution in [-0.4, -0.2) is 37.1 Å². The van der Waals surface area contributed by atoms with Gasteiger partial charge >= 0.3 is 5.97 Å². The van der Waals surface area contributed by atoms with E-state index in [2.05, 4.69) is 20.7 Å². The van der Waals surface area contributed by atoms with E-state index in [-0.39, 0.29) is 18.3 Å². The highest BCUT2D eigenvalue weighted by Gasteiger charge is 2.14. The number of tetrazole rings is 1. The Kier molecular flexibility index (Phi) is 5.13. The maximum atomic E-state index is 11.9. The summed E-state index contributed by atoms with van der Waals surface area (Å²) in [5.74, 6) is 0.400. The van der Waals surface area contributed by atoms with Crippen molar-refractivity contribution in [2.75, 3.05) is 5.75 Å². The quantitative estimate of drug-likeness (QED) is 0.489. The number of aryl methyl sites for hydroxylation is 3. The molecule has 3 rings (SSSR count). The molecule has 0 radical (unpaired) electrons. The van der Waals surface area contributed by atoms with Crippen molar-refractivity contribution < 1.29 is 14.1 Å². The molecule has 0 aliphatic rings. The largest absolute Gasteiger partial charge is 0.458 e. The van der Waals surface area contributed by atoms with Crippen molar-refractivity contribution >= 4 is 17.7 Å². The molecule has 0 atom stereocenters. The lowest BCUT2D eigenvalue weighted by molar-refractivity contribution is -0.141. The molecule has 1 aromatic carbocycles. The molecule has 130 valence electrons. The molecule has 9 heteroatoms. The summed E-state index contributed by atoms with van der Waals surface area (Å²) in [6.45, 7) is 5.85. The topological polar surface area (TPSA) is 95.9 Å². The van der Waals surface area contributed by atoms with Crippen LogP contribution in [0.25, 0.3) is 5.69 Å². The molecule has 0 fully saturated rings. The number of rotatable bonds is 6. The molecule has 0 N–H and O–H groups in total. The van der Waals surface area contributed by atoms with Crippen LogP contribution >= 0.6 is 11.8 Å². The number of nitrogens with zero attached hydrogens (tertiary/aromatic N) is 5. The summed E-state index contributed by atoms with van der Waals surface area (Å²) in [4.78, 5) is 11.9. The zero-order valence-electron chi connectivity index (χ0n) is 14.1. The molecular formula is C16H17N5O3S. The van der Waals surface area contributed by atoms with Crippen LogP contribution < -0.4 is 0 Å². The minimum absolute atomic E-state index is 0.0820.